The van der Waals surface area contributed by atoms with E-state index in [0.717, 1.165) is 16.9 Å². The molecule has 0 bridgehead atoms. The number of aliphatic carboxylic acids is 1. The summed E-state index contributed by atoms with van der Waals surface area (Å²) in [6, 6.07) is 3.21. The molecule has 0 aliphatic carbocycles. The van der Waals surface area contributed by atoms with Gasteiger partial charge in [0.05, 0.1) is 6.61 Å². The summed E-state index contributed by atoms with van der Waals surface area (Å²) in [6.07, 6.45) is 0.798. The van der Waals surface area contributed by atoms with E-state index < -0.39 is 12.0 Å². The minimum atomic E-state index is -1.04. The third kappa shape index (κ3) is 5.10. The molecule has 21 heavy (non-hydrogen) atoms. The Morgan fingerprint density at radius 3 is 2.48 bits per heavy atom. The Hall–Kier alpha value is -2.04. The van der Waals surface area contributed by atoms with Crippen molar-refractivity contribution in [1.29, 1.82) is 0 Å². The van der Waals surface area contributed by atoms with Crippen LogP contribution in [0.25, 0.3) is 0 Å². The predicted molar refractivity (Wildman–Crippen MR) is 80.6 cm³/mol. The van der Waals surface area contributed by atoms with Gasteiger partial charge in [-0.1, -0.05) is 12.1 Å². The van der Waals surface area contributed by atoms with Crippen LogP contribution < -0.4 is 10.1 Å². The first kappa shape index (κ1) is 17.0. The lowest BCUT2D eigenvalue weighted by molar-refractivity contribution is -0.141. The van der Waals surface area contributed by atoms with Gasteiger partial charge in [-0.05, 0) is 50.8 Å². The van der Waals surface area contributed by atoms with E-state index in [2.05, 4.69) is 11.4 Å². The SMILES string of the molecule is Cc1ccc(C)c(OCCCC(=O)NC(C)C(=O)O)c1C. The summed E-state index contributed by atoms with van der Waals surface area (Å²) in [5.74, 6) is -0.439. The summed E-state index contributed by atoms with van der Waals surface area (Å²) in [7, 11) is 0. The molecule has 1 aromatic rings. The standard InChI is InChI=1S/C16H23NO4/c1-10-7-8-11(2)15(12(10)3)21-9-5-6-14(18)17-13(4)16(19)20/h7-8,13H,5-6,9H2,1-4H3,(H,17,18)(H,19,20). The molecule has 0 aliphatic rings. The maximum Gasteiger partial charge on any atom is 0.325 e. The summed E-state index contributed by atoms with van der Waals surface area (Å²) in [5.41, 5.74) is 3.35. The lowest BCUT2D eigenvalue weighted by Crippen LogP contribution is -2.38. The van der Waals surface area contributed by atoms with E-state index in [1.807, 2.05) is 26.8 Å². The molecule has 0 spiro atoms. The number of carbonyl (C=O) groups is 2. The number of aryl methyl sites for hydroxylation is 2. The minimum absolute atomic E-state index is 0.252. The molecule has 0 radical (unpaired) electrons. The fraction of sp³-hybridized carbons (Fsp3) is 0.500. The first-order valence-corrected chi connectivity index (χ1v) is 7.04. The molecule has 0 aliphatic heterocycles. The van der Waals surface area contributed by atoms with Gasteiger partial charge in [0.25, 0.3) is 0 Å². The van der Waals surface area contributed by atoms with Gasteiger partial charge in [-0.2, -0.15) is 0 Å². The predicted octanol–water partition coefficient (Wildman–Crippen LogP) is 2.36. The lowest BCUT2D eigenvalue weighted by atomic mass is 10.1. The summed E-state index contributed by atoms with van der Waals surface area (Å²) in [5, 5.41) is 11.1. The first-order valence-electron chi connectivity index (χ1n) is 7.04. The highest BCUT2D eigenvalue weighted by Gasteiger charge is 2.13. The zero-order chi connectivity index (χ0) is 16.0. The Morgan fingerprint density at radius 2 is 1.86 bits per heavy atom. The third-order valence-corrected chi connectivity index (χ3v) is 3.42. The van der Waals surface area contributed by atoms with Gasteiger partial charge in [-0.3, -0.25) is 9.59 Å². The van der Waals surface area contributed by atoms with Crippen molar-refractivity contribution in [2.45, 2.75) is 46.6 Å². The Labute approximate surface area is 125 Å². The van der Waals surface area contributed by atoms with Crippen molar-refractivity contribution in [3.8, 4) is 5.75 Å². The van der Waals surface area contributed by atoms with Crippen LogP contribution in [0.4, 0.5) is 0 Å². The second kappa shape index (κ2) is 7.67. The molecule has 0 heterocycles. The molecule has 2 N–H and O–H groups in total. The topological polar surface area (TPSA) is 75.6 Å². The fourth-order valence-electron chi connectivity index (χ4n) is 1.93. The van der Waals surface area contributed by atoms with Crippen molar-refractivity contribution in [3.05, 3.63) is 28.8 Å². The second-order valence-corrected chi connectivity index (χ2v) is 5.23. The van der Waals surface area contributed by atoms with E-state index in [9.17, 15) is 9.59 Å². The molecule has 0 fully saturated rings. The molecular formula is C16H23NO4. The van der Waals surface area contributed by atoms with Crippen LogP contribution in [-0.2, 0) is 9.59 Å². The van der Waals surface area contributed by atoms with Gasteiger partial charge >= 0.3 is 5.97 Å². The largest absolute Gasteiger partial charge is 0.493 e. The third-order valence-electron chi connectivity index (χ3n) is 3.42. The zero-order valence-electron chi connectivity index (χ0n) is 13.0. The minimum Gasteiger partial charge on any atom is -0.493 e. The molecule has 5 nitrogen and oxygen atoms in total. The molecule has 1 amide bonds. The number of amides is 1. The molecule has 0 saturated heterocycles. The Morgan fingerprint density at radius 1 is 1.24 bits per heavy atom. The number of benzene rings is 1. The maximum atomic E-state index is 11.5. The van der Waals surface area contributed by atoms with Crippen LogP contribution in [0.5, 0.6) is 5.75 Å². The van der Waals surface area contributed by atoms with Crippen molar-refractivity contribution in [2.24, 2.45) is 0 Å². The number of carboxylic acid groups (broad SMARTS) is 1. The molecule has 5 heteroatoms. The number of hydrogen-bond acceptors (Lipinski definition) is 3. The quantitative estimate of drug-likeness (QED) is 0.757. The average Bonchev–Trinajstić information content (AvgIpc) is 2.42. The van der Waals surface area contributed by atoms with E-state index in [0.29, 0.717) is 13.0 Å². The Bertz CT molecular complexity index is 525. The molecule has 0 aromatic heterocycles. The van der Waals surface area contributed by atoms with Gasteiger partial charge in [0.1, 0.15) is 11.8 Å². The smallest absolute Gasteiger partial charge is 0.325 e. The van der Waals surface area contributed by atoms with E-state index in [-0.39, 0.29) is 12.3 Å². The fourth-order valence-corrected chi connectivity index (χ4v) is 1.93. The number of carbonyl (C=O) groups excluding carboxylic acids is 1. The molecule has 1 aromatic carbocycles. The summed E-state index contributed by atoms with van der Waals surface area (Å²) >= 11 is 0. The number of ether oxygens (including phenoxy) is 1. The lowest BCUT2D eigenvalue weighted by Gasteiger charge is -2.14. The van der Waals surface area contributed by atoms with Crippen LogP contribution in [-0.4, -0.2) is 29.6 Å². The normalized spacial score (nSPS) is 11.8. The van der Waals surface area contributed by atoms with Crippen LogP contribution in [0.2, 0.25) is 0 Å². The van der Waals surface area contributed by atoms with Crippen molar-refractivity contribution in [1.82, 2.24) is 5.32 Å². The molecule has 116 valence electrons. The molecule has 1 unspecified atom stereocenters. The van der Waals surface area contributed by atoms with Crippen molar-refractivity contribution >= 4 is 11.9 Å². The van der Waals surface area contributed by atoms with E-state index in [4.69, 9.17) is 9.84 Å². The average molecular weight is 293 g/mol. The van der Waals surface area contributed by atoms with Crippen LogP contribution in [0.1, 0.15) is 36.5 Å². The van der Waals surface area contributed by atoms with Crippen LogP contribution >= 0.6 is 0 Å². The van der Waals surface area contributed by atoms with E-state index >= 15 is 0 Å². The molecular weight excluding hydrogens is 270 g/mol. The first-order chi connectivity index (χ1) is 9.82. The van der Waals surface area contributed by atoms with Gasteiger partial charge in [-0.15, -0.1) is 0 Å². The Balaban J connectivity index is 2.40. The van der Waals surface area contributed by atoms with Crippen molar-refractivity contribution < 1.29 is 19.4 Å². The summed E-state index contributed by atoms with van der Waals surface area (Å²) in [6.45, 7) is 7.90. The summed E-state index contributed by atoms with van der Waals surface area (Å²) in [4.78, 5) is 22.1. The van der Waals surface area contributed by atoms with E-state index in [1.54, 1.807) is 0 Å². The summed E-state index contributed by atoms with van der Waals surface area (Å²) < 4.78 is 5.75. The van der Waals surface area contributed by atoms with E-state index in [1.165, 1.54) is 12.5 Å². The molecule has 1 rings (SSSR count). The van der Waals surface area contributed by atoms with Gasteiger partial charge in [0, 0.05) is 6.42 Å². The van der Waals surface area contributed by atoms with Crippen LogP contribution in [0.15, 0.2) is 12.1 Å². The molecule has 1 atom stereocenters. The number of hydrogen-bond donors (Lipinski definition) is 2. The second-order valence-electron chi connectivity index (χ2n) is 5.23. The zero-order valence-corrected chi connectivity index (χ0v) is 13.0. The number of nitrogens with one attached hydrogen (secondary N) is 1. The van der Waals surface area contributed by atoms with Gasteiger partial charge in [0.15, 0.2) is 0 Å². The van der Waals surface area contributed by atoms with Gasteiger partial charge in [0.2, 0.25) is 5.91 Å². The van der Waals surface area contributed by atoms with Crippen molar-refractivity contribution in [2.75, 3.05) is 6.61 Å². The highest BCUT2D eigenvalue weighted by atomic mass is 16.5. The van der Waals surface area contributed by atoms with Gasteiger partial charge in [-0.25, -0.2) is 0 Å². The highest BCUT2D eigenvalue weighted by Crippen LogP contribution is 2.25. The Kier molecular flexibility index (Phi) is 6.21. The number of carboxylic acids is 1. The number of rotatable bonds is 7. The maximum absolute atomic E-state index is 11.5. The van der Waals surface area contributed by atoms with Crippen LogP contribution in [0, 0.1) is 20.8 Å². The van der Waals surface area contributed by atoms with Crippen molar-refractivity contribution in [3.63, 3.8) is 0 Å². The van der Waals surface area contributed by atoms with Gasteiger partial charge < -0.3 is 15.2 Å². The monoisotopic (exact) mass is 293 g/mol. The molecule has 0 saturated carbocycles. The van der Waals surface area contributed by atoms with Crippen LogP contribution in [0.3, 0.4) is 0 Å². The highest BCUT2D eigenvalue weighted by molar-refractivity contribution is 5.83.